The van der Waals surface area contributed by atoms with Gasteiger partial charge in [-0.2, -0.15) is 0 Å². The first kappa shape index (κ1) is 19.3. The summed E-state index contributed by atoms with van der Waals surface area (Å²) < 4.78 is 0. The van der Waals surface area contributed by atoms with Gasteiger partial charge in [-0.15, -0.1) is 0 Å². The standard InChI is InChI=1S/C25H27N/c1-5-7-12-20(3)21(4)19-23(11-6-2)22-15-17-25(18-16-22)26-24-13-9-8-10-14-24/h5,7-19,26H,1,3,6H2,2,4H3/b12-7-,21-19+,23-11+. The molecule has 1 N–H and O–H groups in total. The van der Waals surface area contributed by atoms with E-state index >= 15 is 0 Å². The number of allylic oxidation sites excluding steroid dienone is 8. The van der Waals surface area contributed by atoms with Gasteiger partial charge in [-0.1, -0.05) is 80.8 Å². The molecule has 0 heterocycles. The van der Waals surface area contributed by atoms with Crippen LogP contribution in [0.3, 0.4) is 0 Å². The van der Waals surface area contributed by atoms with Crippen molar-refractivity contribution in [1.82, 2.24) is 0 Å². The fourth-order valence-corrected chi connectivity index (χ4v) is 2.56. The van der Waals surface area contributed by atoms with Crippen molar-refractivity contribution in [3.05, 3.63) is 115 Å². The lowest BCUT2D eigenvalue weighted by Gasteiger charge is -2.09. The highest BCUT2D eigenvalue weighted by molar-refractivity contribution is 5.77. The smallest absolute Gasteiger partial charge is 0.0384 e. The second-order valence-corrected chi connectivity index (χ2v) is 6.08. The van der Waals surface area contributed by atoms with Crippen molar-refractivity contribution < 1.29 is 0 Å². The lowest BCUT2D eigenvalue weighted by atomic mass is 9.99. The van der Waals surface area contributed by atoms with E-state index in [1.807, 2.05) is 30.4 Å². The van der Waals surface area contributed by atoms with Crippen LogP contribution in [0.2, 0.25) is 0 Å². The highest BCUT2D eigenvalue weighted by atomic mass is 14.9. The Morgan fingerprint density at radius 3 is 2.27 bits per heavy atom. The predicted molar refractivity (Wildman–Crippen MR) is 117 cm³/mol. The van der Waals surface area contributed by atoms with Gasteiger partial charge in [0.2, 0.25) is 0 Å². The van der Waals surface area contributed by atoms with Crippen LogP contribution in [0, 0.1) is 0 Å². The molecule has 0 spiro atoms. The van der Waals surface area contributed by atoms with Crippen LogP contribution in [0.5, 0.6) is 0 Å². The van der Waals surface area contributed by atoms with Gasteiger partial charge in [0, 0.05) is 11.4 Å². The van der Waals surface area contributed by atoms with E-state index in [-0.39, 0.29) is 0 Å². The van der Waals surface area contributed by atoms with Crippen LogP contribution in [-0.4, -0.2) is 0 Å². The maximum Gasteiger partial charge on any atom is 0.0384 e. The van der Waals surface area contributed by atoms with Gasteiger partial charge in [0.05, 0.1) is 0 Å². The van der Waals surface area contributed by atoms with E-state index in [2.05, 4.69) is 80.9 Å². The van der Waals surface area contributed by atoms with E-state index in [9.17, 15) is 0 Å². The largest absolute Gasteiger partial charge is 0.356 e. The second-order valence-electron chi connectivity index (χ2n) is 6.08. The van der Waals surface area contributed by atoms with Crippen LogP contribution >= 0.6 is 0 Å². The van der Waals surface area contributed by atoms with Crippen LogP contribution in [0.1, 0.15) is 25.8 Å². The zero-order chi connectivity index (χ0) is 18.8. The lowest BCUT2D eigenvalue weighted by Crippen LogP contribution is -1.91. The first-order valence-corrected chi connectivity index (χ1v) is 8.93. The Morgan fingerprint density at radius 2 is 1.65 bits per heavy atom. The molecular weight excluding hydrogens is 314 g/mol. The Balaban J connectivity index is 2.20. The molecular formula is C25H27N. The van der Waals surface area contributed by atoms with Crippen molar-refractivity contribution >= 4 is 16.9 Å². The SMILES string of the molecule is C=C/C=C\C(=C)/C(C)=C/C(=C\CC)c1ccc(Nc2ccccc2)cc1. The average molecular weight is 341 g/mol. The molecule has 0 aromatic heterocycles. The van der Waals surface area contributed by atoms with Crippen molar-refractivity contribution in [1.29, 1.82) is 0 Å². The molecule has 2 aromatic rings. The van der Waals surface area contributed by atoms with Gasteiger partial charge in [-0.25, -0.2) is 0 Å². The molecule has 2 rings (SSSR count). The number of nitrogens with one attached hydrogen (secondary N) is 1. The van der Waals surface area contributed by atoms with Crippen molar-refractivity contribution in [2.24, 2.45) is 0 Å². The minimum atomic E-state index is 0.984. The molecule has 132 valence electrons. The molecule has 1 heteroatoms. The molecule has 0 amide bonds. The third-order valence-electron chi connectivity index (χ3n) is 4.02. The molecule has 0 radical (unpaired) electrons. The summed E-state index contributed by atoms with van der Waals surface area (Å²) in [5.41, 5.74) is 6.72. The summed E-state index contributed by atoms with van der Waals surface area (Å²) in [6.45, 7) is 12.1. The van der Waals surface area contributed by atoms with Gasteiger partial charge < -0.3 is 5.32 Å². The van der Waals surface area contributed by atoms with Crippen LogP contribution in [0.4, 0.5) is 11.4 Å². The molecule has 26 heavy (non-hydrogen) atoms. The zero-order valence-corrected chi connectivity index (χ0v) is 15.7. The zero-order valence-electron chi connectivity index (χ0n) is 15.7. The van der Waals surface area contributed by atoms with Crippen LogP contribution in [0.15, 0.2) is 109 Å². The highest BCUT2D eigenvalue weighted by Crippen LogP contribution is 2.24. The van der Waals surface area contributed by atoms with E-state index in [1.165, 1.54) is 11.1 Å². The molecule has 2 aromatic carbocycles. The second kappa shape index (κ2) is 10.0. The van der Waals surface area contributed by atoms with Gasteiger partial charge >= 0.3 is 0 Å². The van der Waals surface area contributed by atoms with Crippen LogP contribution in [-0.2, 0) is 0 Å². The molecule has 0 bridgehead atoms. The first-order chi connectivity index (χ1) is 12.6. The summed E-state index contributed by atoms with van der Waals surface area (Å²) in [5.74, 6) is 0. The molecule has 1 nitrogen and oxygen atoms in total. The number of hydrogen-bond acceptors (Lipinski definition) is 1. The normalized spacial score (nSPS) is 12.2. The summed E-state index contributed by atoms with van der Waals surface area (Å²) in [6.07, 6.45) is 11.1. The Bertz CT molecular complexity index is 818. The number of rotatable bonds is 8. The molecule has 0 fully saturated rings. The Hall–Kier alpha value is -3.06. The molecule has 0 aliphatic heterocycles. The van der Waals surface area contributed by atoms with Crippen molar-refractivity contribution in [2.75, 3.05) is 5.32 Å². The van der Waals surface area contributed by atoms with E-state index in [0.717, 1.165) is 28.9 Å². The number of para-hydroxylation sites is 1. The molecule has 0 atom stereocenters. The fraction of sp³-hybridized carbons (Fsp3) is 0.120. The number of hydrogen-bond donors (Lipinski definition) is 1. The first-order valence-electron chi connectivity index (χ1n) is 8.93. The van der Waals surface area contributed by atoms with E-state index in [4.69, 9.17) is 0 Å². The quantitative estimate of drug-likeness (QED) is 0.491. The Kier molecular flexibility index (Phi) is 7.45. The van der Waals surface area contributed by atoms with E-state index in [0.29, 0.717) is 0 Å². The van der Waals surface area contributed by atoms with Crippen LogP contribution < -0.4 is 5.32 Å². The Labute approximate surface area is 157 Å². The van der Waals surface area contributed by atoms with Crippen LogP contribution in [0.25, 0.3) is 5.57 Å². The molecule has 0 saturated carbocycles. The maximum atomic E-state index is 4.12. The summed E-state index contributed by atoms with van der Waals surface area (Å²) in [6, 6.07) is 18.7. The van der Waals surface area contributed by atoms with Crippen molar-refractivity contribution in [3.8, 4) is 0 Å². The number of benzene rings is 2. The number of anilines is 2. The Morgan fingerprint density at radius 1 is 1.00 bits per heavy atom. The summed E-state index contributed by atoms with van der Waals surface area (Å²) in [4.78, 5) is 0. The maximum absolute atomic E-state index is 4.12. The molecule has 0 aliphatic carbocycles. The monoisotopic (exact) mass is 341 g/mol. The van der Waals surface area contributed by atoms with Gasteiger partial charge in [0.1, 0.15) is 0 Å². The third kappa shape index (κ3) is 5.78. The predicted octanol–water partition coefficient (Wildman–Crippen LogP) is 7.47. The summed E-state index contributed by atoms with van der Waals surface area (Å²) in [7, 11) is 0. The minimum absolute atomic E-state index is 0.984. The van der Waals surface area contributed by atoms with E-state index in [1.54, 1.807) is 6.08 Å². The average Bonchev–Trinajstić information content (AvgIpc) is 2.67. The molecule has 0 unspecified atom stereocenters. The van der Waals surface area contributed by atoms with Gasteiger partial charge in [-0.3, -0.25) is 0 Å². The molecule has 0 saturated heterocycles. The highest BCUT2D eigenvalue weighted by Gasteiger charge is 2.02. The van der Waals surface area contributed by atoms with Gasteiger partial charge in [-0.05, 0) is 59.9 Å². The van der Waals surface area contributed by atoms with E-state index < -0.39 is 0 Å². The topological polar surface area (TPSA) is 12.0 Å². The lowest BCUT2D eigenvalue weighted by molar-refractivity contribution is 1.23. The third-order valence-corrected chi connectivity index (χ3v) is 4.02. The molecule has 0 aliphatic rings. The fourth-order valence-electron chi connectivity index (χ4n) is 2.56. The minimum Gasteiger partial charge on any atom is -0.356 e. The van der Waals surface area contributed by atoms with Crippen molar-refractivity contribution in [2.45, 2.75) is 20.3 Å². The summed E-state index contributed by atoms with van der Waals surface area (Å²) in [5, 5.41) is 3.42. The summed E-state index contributed by atoms with van der Waals surface area (Å²) >= 11 is 0. The van der Waals surface area contributed by atoms with Gasteiger partial charge in [0.25, 0.3) is 0 Å². The van der Waals surface area contributed by atoms with Crippen molar-refractivity contribution in [3.63, 3.8) is 0 Å². The van der Waals surface area contributed by atoms with Gasteiger partial charge in [0.15, 0.2) is 0 Å².